The van der Waals surface area contributed by atoms with Gasteiger partial charge in [-0.05, 0) is 84.4 Å². The third-order valence-corrected chi connectivity index (χ3v) is 5.08. The molecule has 0 fully saturated rings. The molecule has 2 aromatic heterocycles. The Hall–Kier alpha value is -3.74. The average Bonchev–Trinajstić information content (AvgIpc) is 3.38. The first-order valence-corrected chi connectivity index (χ1v) is 11.4. The van der Waals surface area contributed by atoms with Crippen molar-refractivity contribution >= 4 is 24.0 Å². The Labute approximate surface area is 198 Å². The predicted molar refractivity (Wildman–Crippen MR) is 132 cm³/mol. The second kappa shape index (κ2) is 8.89. The van der Waals surface area contributed by atoms with E-state index in [0.717, 1.165) is 49.7 Å². The van der Waals surface area contributed by atoms with Crippen LogP contribution in [0.25, 0.3) is 17.8 Å². The average molecular weight is 462 g/mol. The van der Waals surface area contributed by atoms with Gasteiger partial charge >= 0.3 is 6.16 Å². The monoisotopic (exact) mass is 461 g/mol. The summed E-state index contributed by atoms with van der Waals surface area (Å²) < 4.78 is 16.9. The minimum Gasteiger partial charge on any atom is -0.489 e. The maximum atomic E-state index is 12.2. The van der Waals surface area contributed by atoms with Gasteiger partial charge in [0.05, 0.1) is 27.9 Å². The lowest BCUT2D eigenvalue weighted by Gasteiger charge is -2.18. The summed E-state index contributed by atoms with van der Waals surface area (Å²) >= 11 is 0. The van der Waals surface area contributed by atoms with Crippen molar-refractivity contribution < 1.29 is 19.0 Å². The summed E-state index contributed by atoms with van der Waals surface area (Å²) in [5.74, 6) is 1.15. The van der Waals surface area contributed by atoms with Crippen LogP contribution in [0.3, 0.4) is 0 Å². The highest BCUT2D eigenvalue weighted by molar-refractivity contribution is 5.78. The van der Waals surface area contributed by atoms with Crippen LogP contribution in [0.15, 0.2) is 35.3 Å². The zero-order valence-corrected chi connectivity index (χ0v) is 20.7. The van der Waals surface area contributed by atoms with Crippen molar-refractivity contribution in [2.24, 2.45) is 4.99 Å². The third kappa shape index (κ3) is 5.25. The number of carbonyl (C=O) groups is 1. The van der Waals surface area contributed by atoms with E-state index in [-0.39, 0.29) is 6.10 Å². The van der Waals surface area contributed by atoms with Crippen LogP contribution in [0.2, 0.25) is 0 Å². The molecular formula is C27H31N3O4. The highest BCUT2D eigenvalue weighted by Crippen LogP contribution is 2.14. The van der Waals surface area contributed by atoms with Crippen LogP contribution in [0.1, 0.15) is 51.6 Å². The molecule has 34 heavy (non-hydrogen) atoms. The number of rotatable bonds is 4. The lowest BCUT2D eigenvalue weighted by atomic mass is 10.2. The number of nitrogens with one attached hydrogen (secondary N) is 2. The first-order chi connectivity index (χ1) is 16.0. The maximum Gasteiger partial charge on any atom is 0.514 e. The number of ether oxygens (including phenoxy) is 3. The van der Waals surface area contributed by atoms with Crippen molar-refractivity contribution in [3.63, 3.8) is 0 Å². The van der Waals surface area contributed by atoms with E-state index >= 15 is 0 Å². The van der Waals surface area contributed by atoms with Gasteiger partial charge in [-0.3, -0.25) is 0 Å². The van der Waals surface area contributed by atoms with Crippen molar-refractivity contribution in [1.29, 1.82) is 0 Å². The summed E-state index contributed by atoms with van der Waals surface area (Å²) in [6.45, 7) is 13.5. The minimum atomic E-state index is -0.747. The Morgan fingerprint density at radius 1 is 1.09 bits per heavy atom. The van der Waals surface area contributed by atoms with E-state index in [1.54, 1.807) is 32.9 Å². The second-order valence-electron chi connectivity index (χ2n) is 9.72. The number of fused-ring (bicyclic) bond motifs is 1. The van der Waals surface area contributed by atoms with Crippen molar-refractivity contribution in [3.05, 3.63) is 68.6 Å². The molecule has 178 valence electrons. The molecule has 1 aromatic carbocycles. The molecule has 0 atom stereocenters. The van der Waals surface area contributed by atoms with Gasteiger partial charge in [-0.1, -0.05) is 6.07 Å². The number of nitrogens with zero attached hydrogens (tertiary/aromatic N) is 1. The van der Waals surface area contributed by atoms with E-state index in [2.05, 4.69) is 23.0 Å². The molecule has 3 heterocycles. The predicted octanol–water partition coefficient (Wildman–Crippen LogP) is 3.11. The smallest absolute Gasteiger partial charge is 0.489 e. The summed E-state index contributed by atoms with van der Waals surface area (Å²) in [6, 6.07) is 9.47. The first kappa shape index (κ1) is 23.4. The van der Waals surface area contributed by atoms with Gasteiger partial charge in [0.25, 0.3) is 0 Å². The Bertz CT molecular complexity index is 1480. The molecule has 3 aromatic rings. The van der Waals surface area contributed by atoms with Gasteiger partial charge in [0.2, 0.25) is 0 Å². The zero-order chi connectivity index (χ0) is 24.6. The number of hydrogen-bond acceptors (Lipinski definition) is 5. The molecule has 0 spiro atoms. The summed E-state index contributed by atoms with van der Waals surface area (Å²) in [4.78, 5) is 23.8. The SMILES string of the molecule is Cc1cc(C)c(/C=c2\[nH]/c(=C3/C=c4c(OC(=O)OC(C)(C)C)cccc4=N3)cc2OC(C)C)[nH]1. The van der Waals surface area contributed by atoms with Gasteiger partial charge in [-0.15, -0.1) is 0 Å². The third-order valence-electron chi connectivity index (χ3n) is 5.08. The topological polar surface area (TPSA) is 88.7 Å². The van der Waals surface area contributed by atoms with Crippen LogP contribution in [-0.2, 0) is 4.74 Å². The number of aromatic nitrogens is 2. The molecule has 0 saturated carbocycles. The molecular weight excluding hydrogens is 430 g/mol. The molecule has 2 N–H and O–H groups in total. The fraction of sp³-hybridized carbons (Fsp3) is 0.333. The van der Waals surface area contributed by atoms with Crippen LogP contribution < -0.4 is 30.7 Å². The molecule has 7 nitrogen and oxygen atoms in total. The quantitative estimate of drug-likeness (QED) is 0.462. The maximum absolute atomic E-state index is 12.2. The van der Waals surface area contributed by atoms with E-state index in [1.807, 2.05) is 45.1 Å². The van der Waals surface area contributed by atoms with Crippen LogP contribution in [0.4, 0.5) is 4.79 Å². The Morgan fingerprint density at radius 2 is 1.85 bits per heavy atom. The number of H-pyrrole nitrogens is 2. The molecule has 0 unspecified atom stereocenters. The number of aryl methyl sites for hydroxylation is 2. The number of hydrogen-bond donors (Lipinski definition) is 2. The lowest BCUT2D eigenvalue weighted by Crippen LogP contribution is -2.29. The van der Waals surface area contributed by atoms with Gasteiger partial charge in [-0.2, -0.15) is 0 Å². The fourth-order valence-corrected chi connectivity index (χ4v) is 3.75. The first-order valence-electron chi connectivity index (χ1n) is 11.4. The fourth-order valence-electron chi connectivity index (χ4n) is 3.75. The Morgan fingerprint density at radius 3 is 2.50 bits per heavy atom. The van der Waals surface area contributed by atoms with E-state index in [0.29, 0.717) is 5.75 Å². The summed E-state index contributed by atoms with van der Waals surface area (Å²) in [5.41, 5.74) is 3.37. The minimum absolute atomic E-state index is 0.0165. The van der Waals surface area contributed by atoms with Crippen LogP contribution >= 0.6 is 0 Å². The summed E-state index contributed by atoms with van der Waals surface area (Å²) in [6.07, 6.45) is 3.21. The van der Waals surface area contributed by atoms with Gasteiger partial charge in [0.15, 0.2) is 0 Å². The van der Waals surface area contributed by atoms with E-state index < -0.39 is 11.8 Å². The van der Waals surface area contributed by atoms with Crippen molar-refractivity contribution in [2.45, 2.75) is 60.2 Å². The van der Waals surface area contributed by atoms with Gasteiger partial charge < -0.3 is 24.2 Å². The van der Waals surface area contributed by atoms with E-state index in [4.69, 9.17) is 19.2 Å². The largest absolute Gasteiger partial charge is 0.514 e. The number of aromatic amines is 2. The Kier molecular flexibility index (Phi) is 6.13. The molecule has 0 aliphatic carbocycles. The molecule has 1 aliphatic rings. The van der Waals surface area contributed by atoms with Crippen molar-refractivity contribution in [3.8, 4) is 11.5 Å². The molecule has 0 bridgehead atoms. The molecule has 0 saturated heterocycles. The molecule has 1 aliphatic heterocycles. The summed E-state index contributed by atoms with van der Waals surface area (Å²) in [7, 11) is 0. The standard InChI is InChI=1S/C27H31N3O4/c1-15(2)32-25-14-22(30-23(25)13-20-16(3)11-17(4)28-20)21-12-18-19(29-21)9-8-10-24(18)33-26(31)34-27(5,6)7/h8-15,28,30H,1-7H3/b22-21-,23-13-. The van der Waals surface area contributed by atoms with E-state index in [1.165, 1.54) is 0 Å². The summed E-state index contributed by atoms with van der Waals surface area (Å²) in [5, 5.41) is 3.11. The van der Waals surface area contributed by atoms with Crippen molar-refractivity contribution in [1.82, 2.24) is 9.97 Å². The lowest BCUT2D eigenvalue weighted by molar-refractivity contribution is 0.0204. The normalized spacial score (nSPS) is 15.1. The van der Waals surface area contributed by atoms with Gasteiger partial charge in [0.1, 0.15) is 17.1 Å². The molecule has 0 amide bonds. The second-order valence-corrected chi connectivity index (χ2v) is 9.72. The van der Waals surface area contributed by atoms with Crippen molar-refractivity contribution in [2.75, 3.05) is 0 Å². The van der Waals surface area contributed by atoms with Gasteiger partial charge in [-0.25, -0.2) is 9.79 Å². The highest BCUT2D eigenvalue weighted by atomic mass is 16.7. The van der Waals surface area contributed by atoms with Crippen LogP contribution in [0, 0.1) is 13.8 Å². The zero-order valence-electron chi connectivity index (χ0n) is 20.7. The molecule has 7 heteroatoms. The number of benzene rings is 1. The van der Waals surface area contributed by atoms with Gasteiger partial charge in [0, 0.05) is 22.7 Å². The molecule has 0 radical (unpaired) electrons. The Balaban J connectivity index is 1.80. The van der Waals surface area contributed by atoms with Crippen LogP contribution in [0.5, 0.6) is 11.5 Å². The molecule has 4 rings (SSSR count). The highest BCUT2D eigenvalue weighted by Gasteiger charge is 2.19. The van der Waals surface area contributed by atoms with E-state index in [9.17, 15) is 4.79 Å². The van der Waals surface area contributed by atoms with Crippen LogP contribution in [-0.4, -0.2) is 27.8 Å². The number of carbonyl (C=O) groups excluding carboxylic acids is 1.